The Bertz CT molecular complexity index is 1250. The number of aliphatic imine (C=N–C) groups is 1. The molecular weight excluding hydrogens is 370 g/mol. The van der Waals surface area contributed by atoms with Crippen LogP contribution in [-0.2, 0) is 6.54 Å². The summed E-state index contributed by atoms with van der Waals surface area (Å²) in [6.07, 6.45) is 0. The fourth-order valence-corrected chi connectivity index (χ4v) is 3.17. The Morgan fingerprint density at radius 1 is 1.03 bits per heavy atom. The van der Waals surface area contributed by atoms with Gasteiger partial charge in [0.15, 0.2) is 5.58 Å². The zero-order valence-corrected chi connectivity index (χ0v) is 16.0. The van der Waals surface area contributed by atoms with E-state index in [1.165, 1.54) is 6.07 Å². The fraction of sp³-hybridized carbons (Fsp3) is 0.130. The number of benzene rings is 2. The molecule has 0 unspecified atom stereocenters. The van der Waals surface area contributed by atoms with Crippen molar-refractivity contribution in [3.05, 3.63) is 93.3 Å². The van der Waals surface area contributed by atoms with E-state index in [2.05, 4.69) is 0 Å². The zero-order valence-electron chi connectivity index (χ0n) is 16.0. The molecule has 0 radical (unpaired) electrons. The molecule has 29 heavy (non-hydrogen) atoms. The molecule has 0 saturated carbocycles. The van der Waals surface area contributed by atoms with E-state index >= 15 is 0 Å². The lowest BCUT2D eigenvalue weighted by molar-refractivity contribution is 0.345. The molecule has 6 nitrogen and oxygen atoms in total. The number of rotatable bonds is 5. The molecule has 4 rings (SSSR count). The van der Waals surface area contributed by atoms with Gasteiger partial charge in [0.1, 0.15) is 17.1 Å². The summed E-state index contributed by atoms with van der Waals surface area (Å²) in [5.41, 5.74) is 2.22. The van der Waals surface area contributed by atoms with Gasteiger partial charge in [-0.1, -0.05) is 42.5 Å². The standard InChI is InChI=1S/C23H19NO5/c1-14-11-18(25)21-22(28-14)19(23(26)29-21)20(16-8-4-3-5-9-16)24-13-15-7-6-10-17(12-15)27-2/h3-12,26H,13H2,1-2H3. The third-order valence-corrected chi connectivity index (χ3v) is 4.51. The second-order valence-electron chi connectivity index (χ2n) is 6.54. The first-order chi connectivity index (χ1) is 14.1. The van der Waals surface area contributed by atoms with Gasteiger partial charge >= 0.3 is 0 Å². The van der Waals surface area contributed by atoms with Crippen LogP contribution in [0.25, 0.3) is 11.2 Å². The van der Waals surface area contributed by atoms with Gasteiger partial charge in [-0.2, -0.15) is 0 Å². The van der Waals surface area contributed by atoms with E-state index in [1.54, 1.807) is 14.0 Å². The maximum absolute atomic E-state index is 12.3. The van der Waals surface area contributed by atoms with E-state index in [4.69, 9.17) is 18.6 Å². The lowest BCUT2D eigenvalue weighted by Crippen LogP contribution is -2.05. The van der Waals surface area contributed by atoms with E-state index in [-0.39, 0.29) is 22.2 Å². The summed E-state index contributed by atoms with van der Waals surface area (Å²) in [4.78, 5) is 17.0. The van der Waals surface area contributed by atoms with Gasteiger partial charge in [0.25, 0.3) is 5.95 Å². The Morgan fingerprint density at radius 2 is 1.83 bits per heavy atom. The van der Waals surface area contributed by atoms with Crippen molar-refractivity contribution in [1.29, 1.82) is 0 Å². The number of aryl methyl sites for hydroxylation is 1. The van der Waals surface area contributed by atoms with E-state index in [0.29, 0.717) is 18.0 Å². The summed E-state index contributed by atoms with van der Waals surface area (Å²) < 4.78 is 16.3. The predicted octanol–water partition coefficient (Wildman–Crippen LogP) is 4.45. The number of fused-ring (bicyclic) bond motifs is 1. The molecule has 2 heterocycles. The molecule has 0 saturated heterocycles. The maximum Gasteiger partial charge on any atom is 0.296 e. The lowest BCUT2D eigenvalue weighted by atomic mass is 10.0. The molecule has 2 aromatic heterocycles. The summed E-state index contributed by atoms with van der Waals surface area (Å²) in [7, 11) is 1.61. The topological polar surface area (TPSA) is 85.2 Å². The smallest absolute Gasteiger partial charge is 0.296 e. The van der Waals surface area contributed by atoms with Gasteiger partial charge in [0.2, 0.25) is 11.0 Å². The van der Waals surface area contributed by atoms with Crippen molar-refractivity contribution in [2.45, 2.75) is 13.5 Å². The number of hydrogen-bond acceptors (Lipinski definition) is 6. The molecule has 4 aromatic rings. The Labute approximate surface area is 166 Å². The zero-order chi connectivity index (χ0) is 20.4. The fourth-order valence-electron chi connectivity index (χ4n) is 3.17. The Kier molecular flexibility index (Phi) is 4.91. The van der Waals surface area contributed by atoms with Gasteiger partial charge in [0, 0.05) is 11.6 Å². The summed E-state index contributed by atoms with van der Waals surface area (Å²) in [5, 5.41) is 10.5. The van der Waals surface area contributed by atoms with Gasteiger partial charge in [-0.15, -0.1) is 0 Å². The van der Waals surface area contributed by atoms with Crippen molar-refractivity contribution in [2.75, 3.05) is 7.11 Å². The third kappa shape index (κ3) is 3.65. The first-order valence-corrected chi connectivity index (χ1v) is 9.06. The van der Waals surface area contributed by atoms with Crippen molar-refractivity contribution in [2.24, 2.45) is 4.99 Å². The summed E-state index contributed by atoms with van der Waals surface area (Å²) in [6.45, 7) is 2.01. The molecule has 0 aliphatic carbocycles. The van der Waals surface area contributed by atoms with Crippen LogP contribution in [0.4, 0.5) is 0 Å². The van der Waals surface area contributed by atoms with Crippen LogP contribution in [0.1, 0.15) is 22.5 Å². The molecule has 146 valence electrons. The number of aromatic hydroxyl groups is 1. The average Bonchev–Trinajstić information content (AvgIpc) is 3.06. The summed E-state index contributed by atoms with van der Waals surface area (Å²) in [5.74, 6) is 0.752. The van der Waals surface area contributed by atoms with E-state index in [0.717, 1.165) is 16.9 Å². The molecule has 0 aliphatic heterocycles. The number of ether oxygens (including phenoxy) is 1. The predicted molar refractivity (Wildman–Crippen MR) is 110 cm³/mol. The molecule has 0 atom stereocenters. The van der Waals surface area contributed by atoms with Gasteiger partial charge in [-0.05, 0) is 24.6 Å². The highest BCUT2D eigenvalue weighted by Crippen LogP contribution is 2.32. The molecule has 0 spiro atoms. The van der Waals surface area contributed by atoms with Crippen molar-refractivity contribution < 1.29 is 18.7 Å². The van der Waals surface area contributed by atoms with E-state index < -0.39 is 5.95 Å². The number of methoxy groups -OCH3 is 1. The van der Waals surface area contributed by atoms with Gasteiger partial charge < -0.3 is 18.7 Å². The van der Waals surface area contributed by atoms with Crippen molar-refractivity contribution in [3.8, 4) is 11.7 Å². The first-order valence-electron chi connectivity index (χ1n) is 9.06. The van der Waals surface area contributed by atoms with Crippen molar-refractivity contribution in [1.82, 2.24) is 0 Å². The second kappa shape index (κ2) is 7.67. The largest absolute Gasteiger partial charge is 0.497 e. The third-order valence-electron chi connectivity index (χ3n) is 4.51. The van der Waals surface area contributed by atoms with Crippen LogP contribution in [0.5, 0.6) is 11.7 Å². The van der Waals surface area contributed by atoms with Gasteiger partial charge in [0.05, 0.1) is 19.4 Å². The van der Waals surface area contributed by atoms with Gasteiger partial charge in [-0.3, -0.25) is 9.79 Å². The molecular formula is C23H19NO5. The summed E-state index contributed by atoms with van der Waals surface area (Å²) in [6, 6.07) is 18.3. The average molecular weight is 389 g/mol. The monoisotopic (exact) mass is 389 g/mol. The van der Waals surface area contributed by atoms with Crippen LogP contribution in [0.2, 0.25) is 0 Å². The van der Waals surface area contributed by atoms with Crippen LogP contribution >= 0.6 is 0 Å². The molecule has 6 heteroatoms. The Hall–Kier alpha value is -3.80. The van der Waals surface area contributed by atoms with Crippen LogP contribution in [0, 0.1) is 6.92 Å². The maximum atomic E-state index is 12.3. The minimum atomic E-state index is -0.403. The molecule has 0 amide bonds. The molecule has 0 bridgehead atoms. The van der Waals surface area contributed by atoms with Crippen LogP contribution in [0.15, 0.2) is 79.3 Å². The van der Waals surface area contributed by atoms with Gasteiger partial charge in [-0.25, -0.2) is 0 Å². The van der Waals surface area contributed by atoms with E-state index in [1.807, 2.05) is 54.6 Å². The second-order valence-corrected chi connectivity index (χ2v) is 6.54. The highest BCUT2D eigenvalue weighted by Gasteiger charge is 2.24. The Balaban J connectivity index is 1.89. The molecule has 0 aliphatic rings. The van der Waals surface area contributed by atoms with Crippen molar-refractivity contribution in [3.63, 3.8) is 0 Å². The highest BCUT2D eigenvalue weighted by atomic mass is 16.5. The number of furan rings is 1. The van der Waals surface area contributed by atoms with Crippen LogP contribution < -0.4 is 10.2 Å². The highest BCUT2D eigenvalue weighted by molar-refractivity contribution is 6.19. The molecule has 1 N–H and O–H groups in total. The SMILES string of the molecule is COc1cccc(CN=C(c2ccccc2)c2c(O)oc3c(=O)cc(C)oc23)c1. The number of nitrogens with zero attached hydrogens (tertiary/aromatic N) is 1. The minimum absolute atomic E-state index is 0.0342. The normalized spacial score (nSPS) is 11.7. The molecule has 2 aromatic carbocycles. The molecule has 0 fully saturated rings. The van der Waals surface area contributed by atoms with Crippen LogP contribution in [0.3, 0.4) is 0 Å². The Morgan fingerprint density at radius 3 is 2.59 bits per heavy atom. The van der Waals surface area contributed by atoms with E-state index in [9.17, 15) is 9.90 Å². The minimum Gasteiger partial charge on any atom is -0.497 e. The van der Waals surface area contributed by atoms with Crippen LogP contribution in [-0.4, -0.2) is 17.9 Å². The lowest BCUT2D eigenvalue weighted by Gasteiger charge is -2.07. The first kappa shape index (κ1) is 18.6. The summed E-state index contributed by atoms with van der Waals surface area (Å²) >= 11 is 0. The van der Waals surface area contributed by atoms with Crippen molar-refractivity contribution >= 4 is 16.9 Å². The number of hydrogen-bond donors (Lipinski definition) is 1. The quantitative estimate of drug-likeness (QED) is 0.510.